The highest BCUT2D eigenvalue weighted by molar-refractivity contribution is 7.17. The summed E-state index contributed by atoms with van der Waals surface area (Å²) in [5.41, 5.74) is 4.30. The van der Waals surface area contributed by atoms with Crippen LogP contribution in [0.4, 0.5) is 0 Å². The number of nitrogens with two attached hydrogens (primary N) is 1. The summed E-state index contributed by atoms with van der Waals surface area (Å²) in [6.07, 6.45) is 0. The lowest BCUT2D eigenvalue weighted by Gasteiger charge is -2.43. The molecule has 1 aromatic heterocycles. The molecular weight excluding hydrogens is 266 g/mol. The lowest BCUT2D eigenvalue weighted by molar-refractivity contribution is 0.0919. The highest BCUT2D eigenvalue weighted by Gasteiger charge is 2.35. The van der Waals surface area contributed by atoms with E-state index in [0.29, 0.717) is 0 Å². The summed E-state index contributed by atoms with van der Waals surface area (Å²) in [6, 6.07) is 8.74. The van der Waals surface area contributed by atoms with Crippen LogP contribution in [0.5, 0.6) is 0 Å². The quantitative estimate of drug-likeness (QED) is 0.632. The molecule has 20 heavy (non-hydrogen) atoms. The molecule has 0 saturated carbocycles. The molecule has 1 atom stereocenters. The van der Waals surface area contributed by atoms with Crippen molar-refractivity contribution in [3.05, 3.63) is 35.2 Å². The van der Waals surface area contributed by atoms with Gasteiger partial charge in [0.2, 0.25) is 0 Å². The number of nitrogens with one attached hydrogen (secondary N) is 1. The van der Waals surface area contributed by atoms with Crippen molar-refractivity contribution in [1.82, 2.24) is 10.3 Å². The van der Waals surface area contributed by atoms with Gasteiger partial charge in [-0.05, 0) is 49.3 Å². The first-order valence-electron chi connectivity index (χ1n) is 7.23. The molecular formula is C16H25N3S. The van der Waals surface area contributed by atoms with E-state index in [1.165, 1.54) is 15.6 Å². The molecule has 2 aromatic rings. The fourth-order valence-corrected chi connectivity index (χ4v) is 4.08. The highest BCUT2D eigenvalue weighted by Crippen LogP contribution is 2.36. The molecule has 0 fully saturated rings. The second kappa shape index (κ2) is 6.22. The average Bonchev–Trinajstić information content (AvgIpc) is 2.89. The number of nitrogens with zero attached hydrogens (tertiary/aromatic N) is 1. The number of rotatable bonds is 6. The minimum absolute atomic E-state index is 0.0451. The van der Waals surface area contributed by atoms with Crippen molar-refractivity contribution in [2.24, 2.45) is 5.84 Å². The van der Waals surface area contributed by atoms with Gasteiger partial charge in [-0.2, -0.15) is 0 Å². The van der Waals surface area contributed by atoms with Gasteiger partial charge in [0.05, 0.1) is 6.04 Å². The van der Waals surface area contributed by atoms with E-state index < -0.39 is 0 Å². The molecule has 0 saturated heterocycles. The van der Waals surface area contributed by atoms with Crippen molar-refractivity contribution < 1.29 is 0 Å². The van der Waals surface area contributed by atoms with Gasteiger partial charge in [0, 0.05) is 10.2 Å². The lowest BCUT2D eigenvalue weighted by atomic mass is 9.86. The van der Waals surface area contributed by atoms with Crippen molar-refractivity contribution in [2.45, 2.75) is 39.3 Å². The summed E-state index contributed by atoms with van der Waals surface area (Å²) in [7, 11) is 0. The van der Waals surface area contributed by atoms with Crippen LogP contribution in [-0.4, -0.2) is 23.5 Å². The van der Waals surface area contributed by atoms with Crippen molar-refractivity contribution in [1.29, 1.82) is 0 Å². The van der Waals surface area contributed by atoms with Gasteiger partial charge < -0.3 is 0 Å². The summed E-state index contributed by atoms with van der Waals surface area (Å²) in [5, 5.41) is 3.44. The Morgan fingerprint density at radius 2 is 1.95 bits per heavy atom. The molecule has 0 amide bonds. The molecule has 3 N–H and O–H groups in total. The van der Waals surface area contributed by atoms with E-state index in [0.717, 1.165) is 13.1 Å². The van der Waals surface area contributed by atoms with Crippen molar-refractivity contribution in [2.75, 3.05) is 13.1 Å². The van der Waals surface area contributed by atoms with Crippen LogP contribution in [-0.2, 0) is 0 Å². The van der Waals surface area contributed by atoms with Gasteiger partial charge in [-0.3, -0.25) is 16.2 Å². The van der Waals surface area contributed by atoms with Gasteiger partial charge >= 0.3 is 0 Å². The molecule has 0 aliphatic rings. The van der Waals surface area contributed by atoms with E-state index in [1.807, 2.05) is 0 Å². The maximum Gasteiger partial charge on any atom is 0.0652 e. The summed E-state index contributed by atoms with van der Waals surface area (Å²) >= 11 is 1.79. The molecule has 4 heteroatoms. The number of hydrazine groups is 1. The van der Waals surface area contributed by atoms with Crippen LogP contribution in [0.1, 0.15) is 39.3 Å². The Morgan fingerprint density at radius 1 is 1.25 bits per heavy atom. The number of hydrogen-bond acceptors (Lipinski definition) is 4. The molecule has 3 nitrogen and oxygen atoms in total. The summed E-state index contributed by atoms with van der Waals surface area (Å²) in [6.45, 7) is 11.0. The predicted molar refractivity (Wildman–Crippen MR) is 88.9 cm³/mol. The van der Waals surface area contributed by atoms with Gasteiger partial charge in [-0.1, -0.05) is 32.0 Å². The van der Waals surface area contributed by atoms with Crippen LogP contribution in [0.2, 0.25) is 0 Å². The maximum absolute atomic E-state index is 5.93. The number of likely N-dealkylation sites (N-methyl/N-ethyl adjacent to an activating group) is 1. The normalized spacial score (nSPS) is 14.1. The Hall–Kier alpha value is -0.940. The molecule has 1 heterocycles. The Bertz CT molecular complexity index is 558. The van der Waals surface area contributed by atoms with Crippen LogP contribution in [0, 0.1) is 0 Å². The van der Waals surface area contributed by atoms with E-state index in [-0.39, 0.29) is 11.6 Å². The number of benzene rings is 1. The first-order chi connectivity index (χ1) is 9.56. The topological polar surface area (TPSA) is 41.3 Å². The van der Waals surface area contributed by atoms with Crippen molar-refractivity contribution >= 4 is 21.4 Å². The van der Waals surface area contributed by atoms with Crippen LogP contribution < -0.4 is 11.3 Å². The molecule has 2 rings (SSSR count). The third-order valence-corrected chi connectivity index (χ3v) is 5.25. The van der Waals surface area contributed by atoms with Crippen LogP contribution in [0.3, 0.4) is 0 Å². The Labute approximate surface area is 125 Å². The molecule has 0 spiro atoms. The minimum atomic E-state index is -0.0451. The summed E-state index contributed by atoms with van der Waals surface area (Å²) in [5.74, 6) is 5.93. The van der Waals surface area contributed by atoms with Crippen LogP contribution in [0.15, 0.2) is 29.6 Å². The van der Waals surface area contributed by atoms with Crippen molar-refractivity contribution in [3.63, 3.8) is 0 Å². The first-order valence-corrected chi connectivity index (χ1v) is 8.11. The maximum atomic E-state index is 5.93. The van der Waals surface area contributed by atoms with E-state index in [2.05, 4.69) is 67.7 Å². The fourth-order valence-electron chi connectivity index (χ4n) is 3.14. The van der Waals surface area contributed by atoms with E-state index in [9.17, 15) is 0 Å². The third kappa shape index (κ3) is 2.61. The Balaban J connectivity index is 2.49. The predicted octanol–water partition coefficient (Wildman–Crippen LogP) is 3.53. The van der Waals surface area contributed by atoms with Crippen LogP contribution >= 0.6 is 11.3 Å². The lowest BCUT2D eigenvalue weighted by Crippen LogP contribution is -2.54. The Kier molecular flexibility index (Phi) is 4.81. The molecule has 1 aromatic carbocycles. The van der Waals surface area contributed by atoms with Gasteiger partial charge in [0.1, 0.15) is 0 Å². The standard InChI is InChI=1S/C16H25N3S/c1-5-19(6-2)16(3,4)15(18-17)13-9-7-8-12-10-11-20-14(12)13/h7-11,15,18H,5-6,17H2,1-4H3. The van der Waals surface area contributed by atoms with E-state index in [4.69, 9.17) is 5.84 Å². The summed E-state index contributed by atoms with van der Waals surface area (Å²) in [4.78, 5) is 2.45. The molecule has 0 bridgehead atoms. The first kappa shape index (κ1) is 15.4. The molecule has 0 radical (unpaired) electrons. The van der Waals surface area contributed by atoms with Gasteiger partial charge in [0.15, 0.2) is 0 Å². The largest absolute Gasteiger partial charge is 0.297 e. The fraction of sp³-hybridized carbons (Fsp3) is 0.500. The zero-order valence-electron chi connectivity index (χ0n) is 12.8. The van der Waals surface area contributed by atoms with Crippen LogP contribution in [0.25, 0.3) is 10.1 Å². The number of fused-ring (bicyclic) bond motifs is 1. The van der Waals surface area contributed by atoms with Gasteiger partial charge in [0.25, 0.3) is 0 Å². The molecule has 110 valence electrons. The molecule has 0 aliphatic carbocycles. The van der Waals surface area contributed by atoms with Crippen molar-refractivity contribution in [3.8, 4) is 0 Å². The molecule has 1 unspecified atom stereocenters. The number of hydrogen-bond donors (Lipinski definition) is 2. The monoisotopic (exact) mass is 291 g/mol. The summed E-state index contributed by atoms with van der Waals surface area (Å²) < 4.78 is 1.33. The second-order valence-corrected chi connectivity index (χ2v) is 6.53. The second-order valence-electron chi connectivity index (χ2n) is 5.61. The van der Waals surface area contributed by atoms with E-state index in [1.54, 1.807) is 11.3 Å². The SMILES string of the molecule is CCN(CC)C(C)(C)C(NN)c1cccc2ccsc12. The Morgan fingerprint density at radius 3 is 2.55 bits per heavy atom. The zero-order valence-corrected chi connectivity index (χ0v) is 13.6. The zero-order chi connectivity index (χ0) is 14.8. The third-order valence-electron chi connectivity index (χ3n) is 4.27. The van der Waals surface area contributed by atoms with Gasteiger partial charge in [-0.15, -0.1) is 11.3 Å². The molecule has 0 aliphatic heterocycles. The highest BCUT2D eigenvalue weighted by atomic mass is 32.1. The minimum Gasteiger partial charge on any atom is -0.297 e. The number of thiophene rings is 1. The van der Waals surface area contributed by atoms with Gasteiger partial charge in [-0.25, -0.2) is 0 Å². The average molecular weight is 291 g/mol. The smallest absolute Gasteiger partial charge is 0.0652 e. The van der Waals surface area contributed by atoms with E-state index >= 15 is 0 Å².